The SMILES string of the molecule is O=C(NC1CCCN(c2ccccc2)C1=O)[C@@H]1CCCN1C(=O)c1cccs1. The number of benzene rings is 1. The van der Waals surface area contributed by atoms with Crippen LogP contribution in [-0.4, -0.2) is 47.8 Å². The van der Waals surface area contributed by atoms with Gasteiger partial charge < -0.3 is 15.1 Å². The summed E-state index contributed by atoms with van der Waals surface area (Å²) in [4.78, 5) is 42.5. The molecule has 1 N–H and O–H groups in total. The summed E-state index contributed by atoms with van der Waals surface area (Å²) >= 11 is 1.38. The van der Waals surface area contributed by atoms with E-state index in [2.05, 4.69) is 5.32 Å². The number of para-hydroxylation sites is 1. The van der Waals surface area contributed by atoms with Gasteiger partial charge in [0, 0.05) is 18.8 Å². The van der Waals surface area contributed by atoms with Crippen LogP contribution in [0.25, 0.3) is 0 Å². The highest BCUT2D eigenvalue weighted by Crippen LogP contribution is 2.24. The largest absolute Gasteiger partial charge is 0.342 e. The van der Waals surface area contributed by atoms with E-state index in [1.807, 2.05) is 41.8 Å². The maximum atomic E-state index is 12.9. The third-order valence-electron chi connectivity index (χ3n) is 5.37. The van der Waals surface area contributed by atoms with Gasteiger partial charge in [-0.3, -0.25) is 14.4 Å². The zero-order valence-electron chi connectivity index (χ0n) is 15.5. The molecular weight excluding hydrogens is 374 g/mol. The number of thiophene rings is 1. The summed E-state index contributed by atoms with van der Waals surface area (Å²) in [6, 6.07) is 12.1. The molecule has 1 aromatic carbocycles. The number of hydrogen-bond donors (Lipinski definition) is 1. The normalized spacial score (nSPS) is 22.4. The highest BCUT2D eigenvalue weighted by Gasteiger charge is 2.38. The van der Waals surface area contributed by atoms with Crippen molar-refractivity contribution in [3.63, 3.8) is 0 Å². The van der Waals surface area contributed by atoms with Crippen LogP contribution in [0.2, 0.25) is 0 Å². The Balaban J connectivity index is 1.44. The van der Waals surface area contributed by atoms with E-state index in [-0.39, 0.29) is 17.7 Å². The maximum absolute atomic E-state index is 12.9. The molecule has 0 aliphatic carbocycles. The highest BCUT2D eigenvalue weighted by atomic mass is 32.1. The van der Waals surface area contributed by atoms with Gasteiger partial charge in [-0.15, -0.1) is 11.3 Å². The number of carbonyl (C=O) groups excluding carboxylic acids is 3. The Labute approximate surface area is 168 Å². The summed E-state index contributed by atoms with van der Waals surface area (Å²) < 4.78 is 0. The lowest BCUT2D eigenvalue weighted by Crippen LogP contribution is -2.56. The fourth-order valence-electron chi connectivity index (χ4n) is 3.97. The number of hydrogen-bond acceptors (Lipinski definition) is 4. The van der Waals surface area contributed by atoms with Crippen molar-refractivity contribution < 1.29 is 14.4 Å². The summed E-state index contributed by atoms with van der Waals surface area (Å²) in [6.45, 7) is 1.23. The second-order valence-electron chi connectivity index (χ2n) is 7.16. The first-order valence-electron chi connectivity index (χ1n) is 9.66. The van der Waals surface area contributed by atoms with Gasteiger partial charge in [-0.1, -0.05) is 24.3 Å². The third kappa shape index (κ3) is 3.67. The van der Waals surface area contributed by atoms with E-state index in [0.29, 0.717) is 30.8 Å². The summed E-state index contributed by atoms with van der Waals surface area (Å²) in [7, 11) is 0. The van der Waals surface area contributed by atoms with Crippen molar-refractivity contribution >= 4 is 34.7 Å². The van der Waals surface area contributed by atoms with Crippen LogP contribution in [0.3, 0.4) is 0 Å². The number of nitrogens with one attached hydrogen (secondary N) is 1. The number of rotatable bonds is 4. The van der Waals surface area contributed by atoms with Crippen molar-refractivity contribution in [2.24, 2.45) is 0 Å². The quantitative estimate of drug-likeness (QED) is 0.862. The van der Waals surface area contributed by atoms with E-state index in [1.165, 1.54) is 11.3 Å². The lowest BCUT2D eigenvalue weighted by Gasteiger charge is -2.34. The molecule has 2 fully saturated rings. The molecule has 0 spiro atoms. The Hall–Kier alpha value is -2.67. The van der Waals surface area contributed by atoms with Gasteiger partial charge in [0.2, 0.25) is 11.8 Å². The van der Waals surface area contributed by atoms with Crippen LogP contribution in [-0.2, 0) is 9.59 Å². The molecule has 2 atom stereocenters. The minimum atomic E-state index is -0.541. The number of amides is 3. The number of piperidine rings is 1. The predicted molar refractivity (Wildman–Crippen MR) is 108 cm³/mol. The Morgan fingerprint density at radius 1 is 1.00 bits per heavy atom. The summed E-state index contributed by atoms with van der Waals surface area (Å²) in [5.74, 6) is -0.413. The third-order valence-corrected chi connectivity index (χ3v) is 6.23. The first kappa shape index (κ1) is 18.7. The van der Waals surface area contributed by atoms with Gasteiger partial charge >= 0.3 is 0 Å². The Kier molecular flexibility index (Phi) is 5.43. The van der Waals surface area contributed by atoms with Crippen LogP contribution in [0, 0.1) is 0 Å². The molecule has 2 aromatic rings. The van der Waals surface area contributed by atoms with Crippen molar-refractivity contribution in [2.75, 3.05) is 18.0 Å². The molecule has 1 unspecified atom stereocenters. The maximum Gasteiger partial charge on any atom is 0.264 e. The molecule has 2 aliphatic rings. The number of carbonyl (C=O) groups is 3. The van der Waals surface area contributed by atoms with Crippen molar-refractivity contribution in [1.29, 1.82) is 0 Å². The van der Waals surface area contributed by atoms with Gasteiger partial charge in [-0.05, 0) is 49.3 Å². The van der Waals surface area contributed by atoms with E-state index in [9.17, 15) is 14.4 Å². The van der Waals surface area contributed by atoms with E-state index in [0.717, 1.165) is 18.5 Å². The molecule has 0 bridgehead atoms. The van der Waals surface area contributed by atoms with Crippen LogP contribution in [0.1, 0.15) is 35.4 Å². The molecule has 0 saturated carbocycles. The molecule has 3 amide bonds. The van der Waals surface area contributed by atoms with Crippen molar-refractivity contribution in [2.45, 2.75) is 37.8 Å². The average Bonchev–Trinajstić information content (AvgIpc) is 3.42. The summed E-state index contributed by atoms with van der Waals surface area (Å²) in [6.07, 6.45) is 2.88. The second-order valence-corrected chi connectivity index (χ2v) is 8.11. The van der Waals surface area contributed by atoms with Crippen LogP contribution in [0.4, 0.5) is 5.69 Å². The fraction of sp³-hybridized carbons (Fsp3) is 0.381. The minimum Gasteiger partial charge on any atom is -0.342 e. The fourth-order valence-corrected chi connectivity index (χ4v) is 4.64. The second kappa shape index (κ2) is 8.14. The van der Waals surface area contributed by atoms with E-state index >= 15 is 0 Å². The van der Waals surface area contributed by atoms with Gasteiger partial charge in [-0.2, -0.15) is 0 Å². The van der Waals surface area contributed by atoms with Gasteiger partial charge in [-0.25, -0.2) is 0 Å². The molecule has 3 heterocycles. The van der Waals surface area contributed by atoms with Crippen molar-refractivity contribution in [3.8, 4) is 0 Å². The topological polar surface area (TPSA) is 69.7 Å². The number of likely N-dealkylation sites (tertiary alicyclic amines) is 1. The van der Waals surface area contributed by atoms with Crippen LogP contribution in [0.15, 0.2) is 47.8 Å². The molecule has 2 saturated heterocycles. The summed E-state index contributed by atoms with van der Waals surface area (Å²) in [5.41, 5.74) is 0.849. The van der Waals surface area contributed by atoms with E-state index in [4.69, 9.17) is 0 Å². The molecule has 7 heteroatoms. The van der Waals surface area contributed by atoms with E-state index < -0.39 is 12.1 Å². The zero-order valence-corrected chi connectivity index (χ0v) is 16.4. The Morgan fingerprint density at radius 2 is 1.79 bits per heavy atom. The predicted octanol–water partition coefficient (Wildman–Crippen LogP) is 2.66. The lowest BCUT2D eigenvalue weighted by molar-refractivity contribution is -0.130. The monoisotopic (exact) mass is 397 g/mol. The molecule has 4 rings (SSSR count). The average molecular weight is 398 g/mol. The highest BCUT2D eigenvalue weighted by molar-refractivity contribution is 7.12. The Bertz CT molecular complexity index is 853. The van der Waals surface area contributed by atoms with Crippen molar-refractivity contribution in [1.82, 2.24) is 10.2 Å². The molecule has 1 aromatic heterocycles. The van der Waals surface area contributed by atoms with Gasteiger partial charge in [0.1, 0.15) is 12.1 Å². The minimum absolute atomic E-state index is 0.0834. The molecule has 2 aliphatic heterocycles. The standard InChI is InChI=1S/C21H23N3O3S/c25-19(17-10-5-13-24(17)21(27)18-11-6-14-28-18)22-16-9-4-12-23(20(16)26)15-7-2-1-3-8-15/h1-3,6-8,11,14,16-17H,4-5,9-10,12-13H2,(H,22,25)/t16?,17-/m0/s1. The molecule has 6 nitrogen and oxygen atoms in total. The van der Waals surface area contributed by atoms with Crippen LogP contribution in [0.5, 0.6) is 0 Å². The van der Waals surface area contributed by atoms with Gasteiger partial charge in [0.25, 0.3) is 5.91 Å². The lowest BCUT2D eigenvalue weighted by atomic mass is 10.0. The molecular formula is C21H23N3O3S. The molecule has 0 radical (unpaired) electrons. The first-order chi connectivity index (χ1) is 13.6. The van der Waals surface area contributed by atoms with Gasteiger partial charge in [0.05, 0.1) is 4.88 Å². The first-order valence-corrected chi connectivity index (χ1v) is 10.5. The van der Waals surface area contributed by atoms with E-state index in [1.54, 1.807) is 15.9 Å². The summed E-state index contributed by atoms with van der Waals surface area (Å²) in [5, 5.41) is 4.78. The number of anilines is 1. The molecule has 146 valence electrons. The smallest absolute Gasteiger partial charge is 0.264 e. The van der Waals surface area contributed by atoms with Crippen LogP contribution < -0.4 is 10.2 Å². The van der Waals surface area contributed by atoms with Crippen molar-refractivity contribution in [3.05, 3.63) is 52.7 Å². The van der Waals surface area contributed by atoms with Crippen LogP contribution >= 0.6 is 11.3 Å². The molecule has 28 heavy (non-hydrogen) atoms. The van der Waals surface area contributed by atoms with Gasteiger partial charge in [0.15, 0.2) is 0 Å². The Morgan fingerprint density at radius 3 is 2.54 bits per heavy atom. The number of nitrogens with zero attached hydrogens (tertiary/aromatic N) is 2. The zero-order chi connectivity index (χ0) is 19.5.